The van der Waals surface area contributed by atoms with E-state index in [0.717, 1.165) is 41.3 Å². The number of benzene rings is 2. The number of anilines is 2. The Morgan fingerprint density at radius 1 is 0.906 bits per heavy atom. The number of hydrogen-bond donors (Lipinski definition) is 1. The summed E-state index contributed by atoms with van der Waals surface area (Å²) < 4.78 is 33.9. The van der Waals surface area contributed by atoms with Gasteiger partial charge in [-0.2, -0.15) is 0 Å². The van der Waals surface area contributed by atoms with E-state index in [1.807, 2.05) is 38.1 Å². The Balaban J connectivity index is 1.51. The number of aromatic nitrogens is 2. The molecule has 0 radical (unpaired) electrons. The van der Waals surface area contributed by atoms with Crippen LogP contribution in [0.2, 0.25) is 0 Å². The number of methoxy groups -OCH3 is 1. The van der Waals surface area contributed by atoms with Gasteiger partial charge in [-0.25, -0.2) is 8.42 Å². The van der Waals surface area contributed by atoms with Crippen molar-refractivity contribution in [1.82, 2.24) is 10.2 Å². The first kappa shape index (κ1) is 22.1. The molecule has 1 aliphatic rings. The van der Waals surface area contributed by atoms with Crippen LogP contribution in [0.25, 0.3) is 11.3 Å². The van der Waals surface area contributed by atoms with Crippen LogP contribution >= 0.6 is 0 Å². The molecule has 7 nitrogen and oxygen atoms in total. The lowest BCUT2D eigenvalue weighted by Crippen LogP contribution is -2.30. The van der Waals surface area contributed by atoms with Crippen LogP contribution in [0.15, 0.2) is 53.4 Å². The molecule has 0 atom stereocenters. The Labute approximate surface area is 189 Å². The fourth-order valence-electron chi connectivity index (χ4n) is 3.82. The zero-order valence-corrected chi connectivity index (χ0v) is 19.4. The van der Waals surface area contributed by atoms with E-state index in [2.05, 4.69) is 19.8 Å². The van der Waals surface area contributed by atoms with Gasteiger partial charge < -0.3 is 9.64 Å². The van der Waals surface area contributed by atoms with Gasteiger partial charge in [-0.3, -0.25) is 4.72 Å². The molecule has 4 rings (SSSR count). The van der Waals surface area contributed by atoms with Crippen molar-refractivity contribution in [3.05, 3.63) is 59.7 Å². The van der Waals surface area contributed by atoms with Gasteiger partial charge in [-0.15, -0.1) is 10.2 Å². The standard InChI is InChI=1S/C24H28N4O3S/c1-17-15-22(31-3)23(16-18(17)2)32(29,30)27-20-9-7-19(8-10-20)21-11-12-24(26-25-21)28-13-5-4-6-14-28/h7-12,15-16,27H,4-6,13-14H2,1-3H3. The number of nitrogens with zero attached hydrogens (tertiary/aromatic N) is 3. The second kappa shape index (κ2) is 9.16. The maximum atomic E-state index is 13.0. The topological polar surface area (TPSA) is 84.4 Å². The number of hydrogen-bond acceptors (Lipinski definition) is 6. The van der Waals surface area contributed by atoms with E-state index in [0.29, 0.717) is 11.4 Å². The van der Waals surface area contributed by atoms with E-state index in [1.165, 1.54) is 26.4 Å². The Morgan fingerprint density at radius 2 is 1.59 bits per heavy atom. The van der Waals surface area contributed by atoms with Crippen molar-refractivity contribution < 1.29 is 13.2 Å². The minimum atomic E-state index is -3.80. The maximum absolute atomic E-state index is 13.0. The highest BCUT2D eigenvalue weighted by molar-refractivity contribution is 7.92. The van der Waals surface area contributed by atoms with Crippen molar-refractivity contribution in [3.8, 4) is 17.0 Å². The summed E-state index contributed by atoms with van der Waals surface area (Å²) in [4.78, 5) is 2.38. The lowest BCUT2D eigenvalue weighted by molar-refractivity contribution is 0.402. The van der Waals surface area contributed by atoms with E-state index in [-0.39, 0.29) is 4.90 Å². The van der Waals surface area contributed by atoms with Crippen LogP contribution in [0.3, 0.4) is 0 Å². The molecular weight excluding hydrogens is 424 g/mol. The van der Waals surface area contributed by atoms with Crippen LogP contribution in [-0.2, 0) is 10.0 Å². The number of rotatable bonds is 6. The van der Waals surface area contributed by atoms with Crippen molar-refractivity contribution in [2.75, 3.05) is 29.8 Å². The minimum absolute atomic E-state index is 0.117. The number of aryl methyl sites for hydroxylation is 2. The summed E-state index contributed by atoms with van der Waals surface area (Å²) >= 11 is 0. The van der Waals surface area contributed by atoms with E-state index >= 15 is 0 Å². The van der Waals surface area contributed by atoms with Crippen molar-refractivity contribution in [2.45, 2.75) is 38.0 Å². The number of sulfonamides is 1. The van der Waals surface area contributed by atoms with Gasteiger partial charge in [0, 0.05) is 24.3 Å². The zero-order chi connectivity index (χ0) is 22.7. The molecule has 0 amide bonds. The third-order valence-corrected chi connectivity index (χ3v) is 7.24. The van der Waals surface area contributed by atoms with Gasteiger partial charge in [0.15, 0.2) is 5.82 Å². The molecular formula is C24H28N4O3S. The molecule has 0 unspecified atom stereocenters. The SMILES string of the molecule is COc1cc(C)c(C)cc1S(=O)(=O)Nc1ccc(-c2ccc(N3CCCCC3)nn2)cc1. The van der Waals surface area contributed by atoms with E-state index in [9.17, 15) is 8.42 Å². The summed E-state index contributed by atoms with van der Waals surface area (Å²) in [5, 5.41) is 8.75. The van der Waals surface area contributed by atoms with Crippen LogP contribution in [0.4, 0.5) is 11.5 Å². The van der Waals surface area contributed by atoms with Gasteiger partial charge in [0.1, 0.15) is 10.6 Å². The predicted octanol–water partition coefficient (Wildman–Crippen LogP) is 4.56. The summed E-state index contributed by atoms with van der Waals surface area (Å²) in [6.45, 7) is 5.84. The molecule has 32 heavy (non-hydrogen) atoms. The molecule has 1 aliphatic heterocycles. The summed E-state index contributed by atoms with van der Waals surface area (Å²) in [5.74, 6) is 1.22. The third kappa shape index (κ3) is 4.70. The highest BCUT2D eigenvalue weighted by Crippen LogP contribution is 2.29. The largest absolute Gasteiger partial charge is 0.495 e. The molecule has 2 heterocycles. The number of nitrogens with one attached hydrogen (secondary N) is 1. The second-order valence-electron chi connectivity index (χ2n) is 8.09. The quantitative estimate of drug-likeness (QED) is 0.590. The van der Waals surface area contributed by atoms with Crippen molar-refractivity contribution in [2.24, 2.45) is 0 Å². The molecule has 8 heteroatoms. The average Bonchev–Trinajstić information content (AvgIpc) is 2.81. The van der Waals surface area contributed by atoms with Gasteiger partial charge >= 0.3 is 0 Å². The van der Waals surface area contributed by atoms with Gasteiger partial charge in [-0.05, 0) is 80.6 Å². The molecule has 1 aromatic heterocycles. The molecule has 3 aromatic rings. The Kier molecular flexibility index (Phi) is 6.32. The molecule has 0 spiro atoms. The Hall–Kier alpha value is -3.13. The van der Waals surface area contributed by atoms with E-state index < -0.39 is 10.0 Å². The van der Waals surface area contributed by atoms with Gasteiger partial charge in [0.25, 0.3) is 10.0 Å². The van der Waals surface area contributed by atoms with E-state index in [1.54, 1.807) is 24.3 Å². The summed E-state index contributed by atoms with van der Waals surface area (Å²) in [6.07, 6.45) is 3.65. The molecule has 1 fully saturated rings. The maximum Gasteiger partial charge on any atom is 0.265 e. The fraction of sp³-hybridized carbons (Fsp3) is 0.333. The van der Waals surface area contributed by atoms with Gasteiger partial charge in [0.2, 0.25) is 0 Å². The van der Waals surface area contributed by atoms with Crippen molar-refractivity contribution in [1.29, 1.82) is 0 Å². The summed E-state index contributed by atoms with van der Waals surface area (Å²) in [7, 11) is -2.33. The summed E-state index contributed by atoms with van der Waals surface area (Å²) in [5.41, 5.74) is 3.93. The molecule has 168 valence electrons. The van der Waals surface area contributed by atoms with Gasteiger partial charge in [-0.1, -0.05) is 12.1 Å². The zero-order valence-electron chi connectivity index (χ0n) is 18.6. The predicted molar refractivity (Wildman–Crippen MR) is 127 cm³/mol. The first-order valence-corrected chi connectivity index (χ1v) is 12.2. The lowest BCUT2D eigenvalue weighted by Gasteiger charge is -2.27. The average molecular weight is 453 g/mol. The molecule has 0 bridgehead atoms. The normalized spacial score (nSPS) is 14.3. The highest BCUT2D eigenvalue weighted by atomic mass is 32.2. The Morgan fingerprint density at radius 3 is 2.22 bits per heavy atom. The molecule has 1 saturated heterocycles. The first-order chi connectivity index (χ1) is 15.4. The van der Waals surface area contributed by atoms with Crippen molar-refractivity contribution >= 4 is 21.5 Å². The summed E-state index contributed by atoms with van der Waals surface area (Å²) in [6, 6.07) is 14.4. The van der Waals surface area contributed by atoms with Crippen LogP contribution in [0, 0.1) is 13.8 Å². The molecule has 0 saturated carbocycles. The van der Waals surface area contributed by atoms with Gasteiger partial charge in [0.05, 0.1) is 12.8 Å². The van der Waals surface area contributed by atoms with Crippen LogP contribution < -0.4 is 14.4 Å². The van der Waals surface area contributed by atoms with E-state index in [4.69, 9.17) is 4.74 Å². The molecule has 2 aromatic carbocycles. The highest BCUT2D eigenvalue weighted by Gasteiger charge is 2.21. The number of piperidine rings is 1. The third-order valence-electron chi connectivity index (χ3n) is 5.83. The van der Waals surface area contributed by atoms with Crippen LogP contribution in [0.5, 0.6) is 5.75 Å². The lowest BCUT2D eigenvalue weighted by atomic mass is 10.1. The first-order valence-electron chi connectivity index (χ1n) is 10.7. The molecule has 1 N–H and O–H groups in total. The van der Waals surface area contributed by atoms with Crippen molar-refractivity contribution in [3.63, 3.8) is 0 Å². The van der Waals surface area contributed by atoms with Crippen LogP contribution in [0.1, 0.15) is 30.4 Å². The Bertz CT molecular complexity index is 1190. The number of ether oxygens (including phenoxy) is 1. The van der Waals surface area contributed by atoms with Crippen LogP contribution in [-0.4, -0.2) is 38.8 Å². The molecule has 0 aliphatic carbocycles. The second-order valence-corrected chi connectivity index (χ2v) is 9.75. The smallest absolute Gasteiger partial charge is 0.265 e. The fourth-order valence-corrected chi connectivity index (χ4v) is 5.12. The minimum Gasteiger partial charge on any atom is -0.495 e. The monoisotopic (exact) mass is 452 g/mol.